The van der Waals surface area contributed by atoms with Crippen molar-refractivity contribution < 1.29 is 9.53 Å². The van der Waals surface area contributed by atoms with Crippen LogP contribution >= 0.6 is 11.8 Å². The lowest BCUT2D eigenvalue weighted by Crippen LogP contribution is -2.41. The van der Waals surface area contributed by atoms with Crippen LogP contribution in [0.4, 0.5) is 5.69 Å². The molecule has 172 valence electrons. The first kappa shape index (κ1) is 22.0. The zero-order valence-corrected chi connectivity index (χ0v) is 19.8. The predicted molar refractivity (Wildman–Crippen MR) is 135 cm³/mol. The first-order valence-corrected chi connectivity index (χ1v) is 12.1. The molecule has 2 atom stereocenters. The highest BCUT2D eigenvalue weighted by molar-refractivity contribution is 8.00. The van der Waals surface area contributed by atoms with Crippen LogP contribution in [0, 0.1) is 6.92 Å². The lowest BCUT2D eigenvalue weighted by Gasteiger charge is -2.33. The minimum Gasteiger partial charge on any atom is -0.494 e. The molecule has 4 aromatic rings. The number of carbonyl (C=O) groups excluding carboxylic acids is 1. The van der Waals surface area contributed by atoms with E-state index in [9.17, 15) is 4.79 Å². The summed E-state index contributed by atoms with van der Waals surface area (Å²) in [5, 5.41) is 12.1. The Morgan fingerprint density at radius 2 is 1.76 bits per heavy atom. The molecule has 0 bridgehead atoms. The minimum absolute atomic E-state index is 0.0961. The highest BCUT2D eigenvalue weighted by Crippen LogP contribution is 2.39. The number of amides is 1. The maximum Gasteiger partial charge on any atom is 0.240 e. The van der Waals surface area contributed by atoms with Crippen molar-refractivity contribution in [2.24, 2.45) is 0 Å². The molecule has 0 spiro atoms. The van der Waals surface area contributed by atoms with Gasteiger partial charge < -0.3 is 15.5 Å². The molecule has 34 heavy (non-hydrogen) atoms. The molecule has 1 aromatic heterocycles. The van der Waals surface area contributed by atoms with Gasteiger partial charge in [0.1, 0.15) is 11.0 Å². The number of thioether (sulfide) groups is 1. The van der Waals surface area contributed by atoms with Crippen LogP contribution in [0.5, 0.6) is 5.75 Å². The van der Waals surface area contributed by atoms with Gasteiger partial charge in [-0.2, -0.15) is 0 Å². The monoisotopic (exact) mass is 471 g/mol. The van der Waals surface area contributed by atoms with Gasteiger partial charge >= 0.3 is 0 Å². The summed E-state index contributed by atoms with van der Waals surface area (Å²) < 4.78 is 7.48. The Labute approximate surface area is 202 Å². The van der Waals surface area contributed by atoms with Crippen LogP contribution in [0.1, 0.15) is 24.1 Å². The Kier molecular flexibility index (Phi) is 6.22. The fourth-order valence-corrected chi connectivity index (χ4v) is 5.01. The van der Waals surface area contributed by atoms with Crippen LogP contribution in [0.15, 0.2) is 84.0 Å². The van der Waals surface area contributed by atoms with Gasteiger partial charge in [0.25, 0.3) is 0 Å². The quantitative estimate of drug-likeness (QED) is 0.410. The molecule has 2 unspecified atom stereocenters. The highest BCUT2D eigenvalue weighted by atomic mass is 32.2. The molecule has 0 saturated heterocycles. The fraction of sp³-hybridized carbons (Fsp3) is 0.192. The second kappa shape index (κ2) is 9.61. The average molecular weight is 472 g/mol. The van der Waals surface area contributed by atoms with Gasteiger partial charge in [-0.15, -0.1) is 10.2 Å². The van der Waals surface area contributed by atoms with Crippen LogP contribution in [0.2, 0.25) is 0 Å². The SMILES string of the molecule is CCOc1ccc(C2Nn3c(nnc3-c3ccccc3)SC2C(=O)Nc2ccccc2C)cc1. The number of aryl methyl sites for hydroxylation is 1. The molecule has 0 radical (unpaired) electrons. The Balaban J connectivity index is 1.51. The maximum absolute atomic E-state index is 13.5. The molecular weight excluding hydrogens is 446 g/mol. The molecule has 8 heteroatoms. The number of hydrogen-bond donors (Lipinski definition) is 2. The standard InChI is InChI=1S/C26H25N5O2S/c1-3-33-20-15-13-18(14-16-20)22-23(25(32)27-21-12-8-7-9-17(21)2)34-26-29-28-24(31(26)30-22)19-10-5-4-6-11-19/h4-16,22-23,30H,3H2,1-2H3,(H,27,32). The molecular formula is C26H25N5O2S. The number of anilines is 1. The lowest BCUT2D eigenvalue weighted by atomic mass is 10.0. The maximum atomic E-state index is 13.5. The summed E-state index contributed by atoms with van der Waals surface area (Å²) >= 11 is 1.41. The van der Waals surface area contributed by atoms with Crippen molar-refractivity contribution in [3.8, 4) is 17.1 Å². The fourth-order valence-electron chi connectivity index (χ4n) is 3.93. The number of nitrogens with zero attached hydrogens (tertiary/aromatic N) is 3. The molecule has 1 aliphatic heterocycles. The summed E-state index contributed by atoms with van der Waals surface area (Å²) in [5.74, 6) is 1.41. The van der Waals surface area contributed by atoms with Crippen LogP contribution in [0.25, 0.3) is 11.4 Å². The van der Waals surface area contributed by atoms with E-state index in [-0.39, 0.29) is 11.9 Å². The largest absolute Gasteiger partial charge is 0.494 e. The topological polar surface area (TPSA) is 81.1 Å². The Bertz CT molecular complexity index is 1290. The summed E-state index contributed by atoms with van der Waals surface area (Å²) in [5.41, 5.74) is 7.24. The second-order valence-corrected chi connectivity index (χ2v) is 9.07. The first-order valence-electron chi connectivity index (χ1n) is 11.2. The molecule has 1 aliphatic rings. The first-order chi connectivity index (χ1) is 16.6. The smallest absolute Gasteiger partial charge is 0.240 e. The van der Waals surface area contributed by atoms with Crippen molar-refractivity contribution in [1.29, 1.82) is 0 Å². The number of ether oxygens (including phenoxy) is 1. The van der Waals surface area contributed by atoms with Crippen LogP contribution in [0.3, 0.4) is 0 Å². The van der Waals surface area contributed by atoms with Crippen LogP contribution in [-0.2, 0) is 4.79 Å². The molecule has 3 aromatic carbocycles. The molecule has 0 aliphatic carbocycles. The number of para-hydroxylation sites is 1. The van der Waals surface area contributed by atoms with Crippen molar-refractivity contribution in [2.75, 3.05) is 17.3 Å². The molecule has 2 N–H and O–H groups in total. The normalized spacial score (nSPS) is 16.9. The third kappa shape index (κ3) is 4.36. The van der Waals surface area contributed by atoms with Gasteiger partial charge in [-0.3, -0.25) is 4.79 Å². The van der Waals surface area contributed by atoms with Crippen molar-refractivity contribution in [1.82, 2.24) is 14.9 Å². The Morgan fingerprint density at radius 1 is 1.03 bits per heavy atom. The van der Waals surface area contributed by atoms with Gasteiger partial charge in [0.2, 0.25) is 11.1 Å². The number of hydrogen-bond acceptors (Lipinski definition) is 6. The zero-order valence-electron chi connectivity index (χ0n) is 18.9. The number of rotatable bonds is 6. The third-order valence-electron chi connectivity index (χ3n) is 5.68. The molecule has 5 rings (SSSR count). The Morgan fingerprint density at radius 3 is 2.50 bits per heavy atom. The number of fused-ring (bicyclic) bond motifs is 1. The van der Waals surface area contributed by atoms with Crippen molar-refractivity contribution >= 4 is 23.4 Å². The molecule has 0 fully saturated rings. The van der Waals surface area contributed by atoms with Gasteiger partial charge in [0, 0.05) is 11.3 Å². The van der Waals surface area contributed by atoms with E-state index in [1.807, 2.05) is 97.4 Å². The molecule has 7 nitrogen and oxygen atoms in total. The van der Waals surface area contributed by atoms with E-state index in [0.717, 1.165) is 28.1 Å². The van der Waals surface area contributed by atoms with E-state index >= 15 is 0 Å². The van der Waals surface area contributed by atoms with E-state index in [4.69, 9.17) is 4.74 Å². The predicted octanol–water partition coefficient (Wildman–Crippen LogP) is 5.05. The summed E-state index contributed by atoms with van der Waals surface area (Å²) in [4.78, 5) is 13.5. The molecule has 2 heterocycles. The van der Waals surface area contributed by atoms with E-state index in [1.165, 1.54) is 11.8 Å². The van der Waals surface area contributed by atoms with Crippen molar-refractivity contribution in [3.63, 3.8) is 0 Å². The second-order valence-electron chi connectivity index (χ2n) is 7.96. The summed E-state index contributed by atoms with van der Waals surface area (Å²) in [6.45, 7) is 4.54. The summed E-state index contributed by atoms with van der Waals surface area (Å²) in [6, 6.07) is 25.2. The average Bonchev–Trinajstić information content (AvgIpc) is 3.29. The summed E-state index contributed by atoms with van der Waals surface area (Å²) in [6.07, 6.45) is 0. The van der Waals surface area contributed by atoms with Gasteiger partial charge in [-0.1, -0.05) is 72.4 Å². The van der Waals surface area contributed by atoms with E-state index in [0.29, 0.717) is 17.6 Å². The number of benzene rings is 3. The minimum atomic E-state index is -0.460. The van der Waals surface area contributed by atoms with Crippen molar-refractivity contribution in [3.05, 3.63) is 90.0 Å². The third-order valence-corrected chi connectivity index (χ3v) is 6.90. The van der Waals surface area contributed by atoms with Gasteiger partial charge in [-0.05, 0) is 43.2 Å². The van der Waals surface area contributed by atoms with Crippen LogP contribution in [-0.4, -0.2) is 32.6 Å². The van der Waals surface area contributed by atoms with E-state index < -0.39 is 5.25 Å². The highest BCUT2D eigenvalue weighted by Gasteiger charge is 2.38. The van der Waals surface area contributed by atoms with Gasteiger partial charge in [0.05, 0.1) is 12.6 Å². The van der Waals surface area contributed by atoms with Crippen molar-refractivity contribution in [2.45, 2.75) is 30.3 Å². The zero-order chi connectivity index (χ0) is 23.5. The molecule has 0 saturated carbocycles. The van der Waals surface area contributed by atoms with Crippen LogP contribution < -0.4 is 15.5 Å². The van der Waals surface area contributed by atoms with Gasteiger partial charge in [-0.25, -0.2) is 4.68 Å². The number of aromatic nitrogens is 3. The number of carbonyl (C=O) groups is 1. The van der Waals surface area contributed by atoms with Gasteiger partial charge in [0.15, 0.2) is 5.82 Å². The van der Waals surface area contributed by atoms with E-state index in [1.54, 1.807) is 0 Å². The lowest BCUT2D eigenvalue weighted by molar-refractivity contribution is -0.116. The van der Waals surface area contributed by atoms with E-state index in [2.05, 4.69) is 20.9 Å². The Hall–Kier alpha value is -3.78. The summed E-state index contributed by atoms with van der Waals surface area (Å²) in [7, 11) is 0. The number of nitrogens with one attached hydrogen (secondary N) is 2. The molecule has 1 amide bonds.